The van der Waals surface area contributed by atoms with Gasteiger partial charge in [0.05, 0.1) is 17.0 Å². The highest BCUT2D eigenvalue weighted by Crippen LogP contribution is 2.63. The SMILES string of the molecule is N#Cc1cccc(C2(c3ccccc3)c3cc(-c4nc(-c5ccccc5)nc(-c5ccccc5)n4)ccc3-c3ccc(C45CC6C[C@H](C4)C[C@@H](C6)C5)cc32)c1. The number of nitriles is 1. The summed E-state index contributed by atoms with van der Waals surface area (Å²) in [6, 6.07) is 56.3. The monoisotopic (exact) mass is 708 g/mol. The summed E-state index contributed by atoms with van der Waals surface area (Å²) in [7, 11) is 0. The van der Waals surface area contributed by atoms with Gasteiger partial charge in [-0.1, -0.05) is 133 Å². The van der Waals surface area contributed by atoms with Crippen LogP contribution < -0.4 is 0 Å². The van der Waals surface area contributed by atoms with Crippen molar-refractivity contribution in [2.24, 2.45) is 17.8 Å². The fourth-order valence-corrected chi connectivity index (χ4v) is 11.5. The summed E-state index contributed by atoms with van der Waals surface area (Å²) in [4.78, 5) is 15.3. The zero-order valence-electron chi connectivity index (χ0n) is 30.7. The van der Waals surface area contributed by atoms with E-state index in [1.807, 2.05) is 48.5 Å². The Morgan fingerprint density at radius 1 is 0.455 bits per heavy atom. The molecule has 4 bridgehead atoms. The second-order valence-corrected chi connectivity index (χ2v) is 16.6. The highest BCUT2D eigenvalue weighted by molar-refractivity contribution is 5.88. The van der Waals surface area contributed by atoms with Crippen LogP contribution in [0.2, 0.25) is 0 Å². The Labute approximate surface area is 322 Å². The van der Waals surface area contributed by atoms with Crippen LogP contribution in [0.3, 0.4) is 0 Å². The van der Waals surface area contributed by atoms with Gasteiger partial charge in [-0.15, -0.1) is 0 Å². The van der Waals surface area contributed by atoms with Crippen LogP contribution in [0.5, 0.6) is 0 Å². The predicted octanol–water partition coefficient (Wildman–Crippen LogP) is 11.6. The summed E-state index contributed by atoms with van der Waals surface area (Å²) in [5, 5.41) is 10.3. The molecule has 55 heavy (non-hydrogen) atoms. The van der Waals surface area contributed by atoms with Gasteiger partial charge in [0, 0.05) is 16.7 Å². The van der Waals surface area contributed by atoms with Gasteiger partial charge in [-0.25, -0.2) is 15.0 Å². The zero-order valence-corrected chi connectivity index (χ0v) is 30.7. The van der Waals surface area contributed by atoms with Gasteiger partial charge >= 0.3 is 0 Å². The van der Waals surface area contributed by atoms with E-state index in [1.165, 1.54) is 71.9 Å². The van der Waals surface area contributed by atoms with Crippen LogP contribution in [0.1, 0.15) is 71.9 Å². The van der Waals surface area contributed by atoms with Crippen LogP contribution in [-0.4, -0.2) is 15.0 Å². The molecule has 5 aliphatic carbocycles. The Morgan fingerprint density at radius 3 is 1.55 bits per heavy atom. The first-order valence-corrected chi connectivity index (χ1v) is 19.8. The van der Waals surface area contributed by atoms with Gasteiger partial charge in [0.2, 0.25) is 0 Å². The standard InChI is InChI=1S/C51H40N4/c52-32-33-11-10-18-42(26-33)51(40-16-8-3-9-17-40)45-27-39(49-54-47(37-12-4-1-5-13-37)53-48(55-49)38-14-6-2-7-15-38)19-21-43(45)44-22-20-41(28-46(44)51)50-29-34-23-35(30-50)25-36(24-34)31-50/h1-22,26-28,34-36H,23-25,29-31H2/t34-,35+,36?,50?,51?. The molecule has 0 N–H and O–H groups in total. The van der Waals surface area contributed by atoms with Crippen LogP contribution in [0.15, 0.2) is 152 Å². The minimum atomic E-state index is -0.662. The molecule has 1 aromatic heterocycles. The average Bonchev–Trinajstić information content (AvgIpc) is 3.54. The molecule has 0 saturated heterocycles. The predicted molar refractivity (Wildman–Crippen MR) is 218 cm³/mol. The van der Waals surface area contributed by atoms with E-state index in [4.69, 9.17) is 15.0 Å². The number of aromatic nitrogens is 3. The van der Waals surface area contributed by atoms with Gasteiger partial charge in [-0.05, 0) is 119 Å². The van der Waals surface area contributed by atoms with Gasteiger partial charge in [-0.2, -0.15) is 5.26 Å². The fraction of sp³-hybridized carbons (Fsp3) is 0.216. The third kappa shape index (κ3) is 5.06. The summed E-state index contributed by atoms with van der Waals surface area (Å²) < 4.78 is 0. The topological polar surface area (TPSA) is 62.5 Å². The molecule has 4 heteroatoms. The number of benzene rings is 6. The summed E-state index contributed by atoms with van der Waals surface area (Å²) in [6.45, 7) is 0. The van der Waals surface area contributed by atoms with Gasteiger partial charge in [-0.3, -0.25) is 0 Å². The largest absolute Gasteiger partial charge is 0.208 e. The molecule has 4 fully saturated rings. The van der Waals surface area contributed by atoms with E-state index in [0.29, 0.717) is 23.0 Å². The Hall–Kier alpha value is -6.18. The van der Waals surface area contributed by atoms with Gasteiger partial charge < -0.3 is 0 Å². The molecule has 0 amide bonds. The van der Waals surface area contributed by atoms with E-state index in [9.17, 15) is 5.26 Å². The van der Waals surface area contributed by atoms with Crippen molar-refractivity contribution in [1.29, 1.82) is 5.26 Å². The summed E-state index contributed by atoms with van der Waals surface area (Å²) in [5.41, 5.74) is 11.8. The minimum Gasteiger partial charge on any atom is -0.208 e. The normalized spacial score (nSPS) is 24.2. The lowest BCUT2D eigenvalue weighted by Gasteiger charge is -2.57. The lowest BCUT2D eigenvalue weighted by molar-refractivity contribution is -0.00522. The summed E-state index contributed by atoms with van der Waals surface area (Å²) in [6.07, 6.45) is 8.19. The van der Waals surface area contributed by atoms with E-state index < -0.39 is 5.41 Å². The summed E-state index contributed by atoms with van der Waals surface area (Å²) in [5.74, 6) is 4.48. The van der Waals surface area contributed by atoms with E-state index >= 15 is 0 Å². The molecule has 1 unspecified atom stereocenters. The van der Waals surface area contributed by atoms with Crippen molar-refractivity contribution >= 4 is 0 Å². The van der Waals surface area contributed by atoms with E-state index in [1.54, 1.807) is 0 Å². The van der Waals surface area contributed by atoms with Crippen LogP contribution in [-0.2, 0) is 10.8 Å². The molecule has 0 spiro atoms. The Balaban J connectivity index is 1.17. The van der Waals surface area contributed by atoms with Crippen molar-refractivity contribution in [2.75, 3.05) is 0 Å². The molecule has 1 atom stereocenters. The number of fused-ring (bicyclic) bond motifs is 3. The second kappa shape index (κ2) is 12.4. The van der Waals surface area contributed by atoms with Crippen LogP contribution >= 0.6 is 0 Å². The quantitative estimate of drug-likeness (QED) is 0.172. The lowest BCUT2D eigenvalue weighted by atomic mass is 9.48. The fourth-order valence-electron chi connectivity index (χ4n) is 11.5. The number of hydrogen-bond donors (Lipinski definition) is 0. The molecule has 5 aliphatic rings. The van der Waals surface area contributed by atoms with E-state index in [0.717, 1.165) is 40.0 Å². The number of rotatable bonds is 6. The molecule has 1 heterocycles. The maximum atomic E-state index is 10.3. The van der Waals surface area contributed by atoms with Crippen molar-refractivity contribution < 1.29 is 0 Å². The van der Waals surface area contributed by atoms with Crippen molar-refractivity contribution in [3.8, 4) is 51.4 Å². The molecule has 264 valence electrons. The first-order valence-electron chi connectivity index (χ1n) is 19.8. The molecule has 4 nitrogen and oxygen atoms in total. The second-order valence-electron chi connectivity index (χ2n) is 16.6. The number of nitrogens with zero attached hydrogens (tertiary/aromatic N) is 4. The smallest absolute Gasteiger partial charge is 0.164 e. The van der Waals surface area contributed by atoms with Crippen molar-refractivity contribution in [3.05, 3.63) is 185 Å². The van der Waals surface area contributed by atoms with E-state index in [-0.39, 0.29) is 5.41 Å². The van der Waals surface area contributed by atoms with Gasteiger partial charge in [0.1, 0.15) is 0 Å². The average molecular weight is 709 g/mol. The molecule has 0 radical (unpaired) electrons. The molecule has 7 aromatic rings. The van der Waals surface area contributed by atoms with Crippen LogP contribution in [0.4, 0.5) is 0 Å². The Kier molecular flexibility index (Phi) is 7.29. The molecular weight excluding hydrogens is 669 g/mol. The van der Waals surface area contributed by atoms with E-state index in [2.05, 4.69) is 109 Å². The third-order valence-corrected chi connectivity index (χ3v) is 13.4. The van der Waals surface area contributed by atoms with Crippen molar-refractivity contribution in [1.82, 2.24) is 15.0 Å². The number of hydrogen-bond acceptors (Lipinski definition) is 4. The van der Waals surface area contributed by atoms with Crippen molar-refractivity contribution in [2.45, 2.75) is 49.4 Å². The third-order valence-electron chi connectivity index (χ3n) is 13.4. The Morgan fingerprint density at radius 2 is 0.964 bits per heavy atom. The first kappa shape index (κ1) is 32.3. The Bertz CT molecular complexity index is 2550. The zero-order chi connectivity index (χ0) is 36.6. The molecule has 0 aliphatic heterocycles. The lowest BCUT2D eigenvalue weighted by Crippen LogP contribution is -2.48. The van der Waals surface area contributed by atoms with Gasteiger partial charge in [0.25, 0.3) is 0 Å². The van der Waals surface area contributed by atoms with Crippen LogP contribution in [0, 0.1) is 29.1 Å². The molecular formula is C51H40N4. The van der Waals surface area contributed by atoms with Crippen LogP contribution in [0.25, 0.3) is 45.3 Å². The van der Waals surface area contributed by atoms with Gasteiger partial charge in [0.15, 0.2) is 17.5 Å². The summed E-state index contributed by atoms with van der Waals surface area (Å²) >= 11 is 0. The first-order chi connectivity index (χ1) is 27.1. The van der Waals surface area contributed by atoms with Crippen molar-refractivity contribution in [3.63, 3.8) is 0 Å². The highest BCUT2D eigenvalue weighted by atomic mass is 15.0. The maximum Gasteiger partial charge on any atom is 0.164 e. The molecule has 4 saturated carbocycles. The highest BCUT2D eigenvalue weighted by Gasteiger charge is 2.53. The molecule has 12 rings (SSSR count). The maximum absolute atomic E-state index is 10.3. The minimum absolute atomic E-state index is 0.243. The molecule has 6 aromatic carbocycles.